The summed E-state index contributed by atoms with van der Waals surface area (Å²) in [5, 5.41) is 0. The molecule has 0 spiro atoms. The van der Waals surface area contributed by atoms with Gasteiger partial charge in [-0.15, -0.1) is 6.58 Å². The van der Waals surface area contributed by atoms with Crippen LogP contribution in [0.4, 0.5) is 0 Å². The van der Waals surface area contributed by atoms with Crippen LogP contribution in [0.3, 0.4) is 0 Å². The van der Waals surface area contributed by atoms with Gasteiger partial charge in [0, 0.05) is 19.6 Å². The summed E-state index contributed by atoms with van der Waals surface area (Å²) in [6, 6.07) is 0. The fourth-order valence-corrected chi connectivity index (χ4v) is 2.97. The Bertz CT molecular complexity index is 251. The van der Waals surface area contributed by atoms with Gasteiger partial charge >= 0.3 is 0 Å². The molecule has 0 aromatic heterocycles. The molecule has 0 N–H and O–H groups in total. The van der Waals surface area contributed by atoms with Crippen LogP contribution >= 0.6 is 0 Å². The predicted molar refractivity (Wildman–Crippen MR) is 67.4 cm³/mol. The van der Waals surface area contributed by atoms with Gasteiger partial charge in [-0.1, -0.05) is 25.2 Å². The molecule has 0 aromatic carbocycles. The van der Waals surface area contributed by atoms with Crippen LogP contribution in [0.2, 0.25) is 0 Å². The Morgan fingerprint density at radius 3 is 2.38 bits per heavy atom. The van der Waals surface area contributed by atoms with Crippen molar-refractivity contribution < 1.29 is 9.47 Å². The molecule has 2 heteroatoms. The first-order valence-electron chi connectivity index (χ1n) is 5.88. The first-order valence-corrected chi connectivity index (χ1v) is 5.88. The molecular formula is C14H24O2. The van der Waals surface area contributed by atoms with Gasteiger partial charge in [-0.05, 0) is 24.7 Å². The third kappa shape index (κ3) is 2.38. The highest BCUT2D eigenvalue weighted by atomic mass is 16.5. The summed E-state index contributed by atoms with van der Waals surface area (Å²) in [5.41, 5.74) is 1.43. The van der Waals surface area contributed by atoms with Crippen LogP contribution in [0, 0.1) is 17.3 Å². The molecule has 0 aromatic rings. The molecule has 92 valence electrons. The third-order valence-corrected chi connectivity index (χ3v) is 3.97. The SMILES string of the molecule is C=CC[C@@H]1CC(COC)(COC)[C@@H](C)C1=C. The first-order chi connectivity index (χ1) is 7.61. The molecule has 0 radical (unpaired) electrons. The molecule has 0 saturated heterocycles. The second-order valence-corrected chi connectivity index (χ2v) is 4.95. The van der Waals surface area contributed by atoms with Crippen molar-refractivity contribution in [2.75, 3.05) is 27.4 Å². The van der Waals surface area contributed by atoms with Crippen LogP contribution in [0.15, 0.2) is 24.8 Å². The van der Waals surface area contributed by atoms with Gasteiger partial charge in [-0.2, -0.15) is 0 Å². The van der Waals surface area contributed by atoms with Gasteiger partial charge in [0.1, 0.15) is 0 Å². The largest absolute Gasteiger partial charge is 0.384 e. The Balaban J connectivity index is 2.85. The van der Waals surface area contributed by atoms with E-state index in [0.29, 0.717) is 11.8 Å². The topological polar surface area (TPSA) is 18.5 Å². The van der Waals surface area contributed by atoms with Crippen molar-refractivity contribution >= 4 is 0 Å². The number of allylic oxidation sites excluding steroid dienone is 2. The minimum absolute atomic E-state index is 0.105. The summed E-state index contributed by atoms with van der Waals surface area (Å²) in [5.74, 6) is 0.996. The van der Waals surface area contributed by atoms with Crippen LogP contribution < -0.4 is 0 Å². The summed E-state index contributed by atoms with van der Waals surface area (Å²) < 4.78 is 10.8. The van der Waals surface area contributed by atoms with E-state index in [1.54, 1.807) is 14.2 Å². The maximum absolute atomic E-state index is 5.38. The van der Waals surface area contributed by atoms with Crippen molar-refractivity contribution in [1.29, 1.82) is 0 Å². The van der Waals surface area contributed by atoms with E-state index < -0.39 is 0 Å². The molecule has 1 aliphatic carbocycles. The fraction of sp³-hybridized carbons (Fsp3) is 0.714. The lowest BCUT2D eigenvalue weighted by Gasteiger charge is -2.32. The van der Waals surface area contributed by atoms with E-state index in [4.69, 9.17) is 9.47 Å². The summed E-state index contributed by atoms with van der Waals surface area (Å²) in [4.78, 5) is 0. The highest BCUT2D eigenvalue weighted by Crippen LogP contribution is 2.50. The summed E-state index contributed by atoms with van der Waals surface area (Å²) in [6.45, 7) is 11.8. The second-order valence-electron chi connectivity index (χ2n) is 4.95. The van der Waals surface area contributed by atoms with E-state index in [-0.39, 0.29) is 5.41 Å². The Hall–Kier alpha value is -0.600. The molecule has 2 nitrogen and oxygen atoms in total. The lowest BCUT2D eigenvalue weighted by atomic mass is 9.79. The van der Waals surface area contributed by atoms with Gasteiger partial charge < -0.3 is 9.47 Å². The maximum Gasteiger partial charge on any atom is 0.0546 e. The standard InChI is InChI=1S/C14H24O2/c1-6-7-13-8-14(9-15-4,10-16-5)12(3)11(13)2/h6,12-13H,1-2,7-10H2,3-5H3/t12-,13+/m0/s1. The Labute approximate surface area is 99.3 Å². The van der Waals surface area contributed by atoms with Crippen LogP contribution in [0.5, 0.6) is 0 Å². The van der Waals surface area contributed by atoms with E-state index in [1.165, 1.54) is 5.57 Å². The Morgan fingerprint density at radius 2 is 1.94 bits per heavy atom. The van der Waals surface area contributed by atoms with Crippen LogP contribution in [-0.2, 0) is 9.47 Å². The van der Waals surface area contributed by atoms with Gasteiger partial charge in [-0.25, -0.2) is 0 Å². The molecule has 0 heterocycles. The molecule has 0 bridgehead atoms. The highest BCUT2D eigenvalue weighted by molar-refractivity contribution is 5.19. The van der Waals surface area contributed by atoms with Gasteiger partial charge in [0.15, 0.2) is 0 Å². The zero-order valence-corrected chi connectivity index (χ0v) is 10.8. The van der Waals surface area contributed by atoms with E-state index in [0.717, 1.165) is 26.1 Å². The Kier molecular flexibility index (Phi) is 4.75. The zero-order chi connectivity index (χ0) is 12.2. The molecule has 0 unspecified atom stereocenters. The molecule has 0 aliphatic heterocycles. The van der Waals surface area contributed by atoms with Crippen molar-refractivity contribution in [2.45, 2.75) is 19.8 Å². The molecular weight excluding hydrogens is 200 g/mol. The monoisotopic (exact) mass is 224 g/mol. The molecule has 0 amide bonds. The van der Waals surface area contributed by atoms with Crippen LogP contribution in [0.1, 0.15) is 19.8 Å². The average molecular weight is 224 g/mol. The van der Waals surface area contributed by atoms with Crippen molar-refractivity contribution in [3.8, 4) is 0 Å². The van der Waals surface area contributed by atoms with Crippen LogP contribution in [-0.4, -0.2) is 27.4 Å². The van der Waals surface area contributed by atoms with E-state index in [1.807, 2.05) is 6.08 Å². The minimum Gasteiger partial charge on any atom is -0.384 e. The van der Waals surface area contributed by atoms with Gasteiger partial charge in [0.05, 0.1) is 13.2 Å². The lowest BCUT2D eigenvalue weighted by Crippen LogP contribution is -2.34. The van der Waals surface area contributed by atoms with Crippen molar-refractivity contribution in [1.82, 2.24) is 0 Å². The van der Waals surface area contributed by atoms with Gasteiger partial charge in [0.2, 0.25) is 0 Å². The number of methoxy groups -OCH3 is 2. The fourth-order valence-electron chi connectivity index (χ4n) is 2.97. The van der Waals surface area contributed by atoms with Gasteiger partial charge in [-0.3, -0.25) is 0 Å². The van der Waals surface area contributed by atoms with Crippen molar-refractivity contribution in [3.63, 3.8) is 0 Å². The van der Waals surface area contributed by atoms with Crippen LogP contribution in [0.25, 0.3) is 0 Å². The normalized spacial score (nSPS) is 28.3. The minimum atomic E-state index is 0.105. The second kappa shape index (κ2) is 5.65. The maximum atomic E-state index is 5.38. The molecule has 1 fully saturated rings. The Morgan fingerprint density at radius 1 is 1.38 bits per heavy atom. The quantitative estimate of drug-likeness (QED) is 0.646. The molecule has 2 atom stereocenters. The lowest BCUT2D eigenvalue weighted by molar-refractivity contribution is -0.00863. The average Bonchev–Trinajstić information content (AvgIpc) is 2.46. The van der Waals surface area contributed by atoms with E-state index >= 15 is 0 Å². The van der Waals surface area contributed by atoms with Crippen molar-refractivity contribution in [2.24, 2.45) is 17.3 Å². The van der Waals surface area contributed by atoms with E-state index in [2.05, 4.69) is 20.1 Å². The molecule has 16 heavy (non-hydrogen) atoms. The smallest absolute Gasteiger partial charge is 0.0546 e. The van der Waals surface area contributed by atoms with Crippen molar-refractivity contribution in [3.05, 3.63) is 24.8 Å². The highest BCUT2D eigenvalue weighted by Gasteiger charge is 2.46. The first kappa shape index (κ1) is 13.5. The summed E-state index contributed by atoms with van der Waals surface area (Å²) in [6.07, 6.45) is 4.09. The number of hydrogen-bond acceptors (Lipinski definition) is 2. The summed E-state index contributed by atoms with van der Waals surface area (Å²) >= 11 is 0. The number of ether oxygens (including phenoxy) is 2. The zero-order valence-electron chi connectivity index (χ0n) is 10.8. The predicted octanol–water partition coefficient (Wildman–Crippen LogP) is 3.05. The molecule has 1 aliphatic rings. The molecule has 1 rings (SSSR count). The van der Waals surface area contributed by atoms with E-state index in [9.17, 15) is 0 Å². The van der Waals surface area contributed by atoms with Gasteiger partial charge in [0.25, 0.3) is 0 Å². The number of hydrogen-bond donors (Lipinski definition) is 0. The summed E-state index contributed by atoms with van der Waals surface area (Å²) in [7, 11) is 3.52. The third-order valence-electron chi connectivity index (χ3n) is 3.97. The molecule has 1 saturated carbocycles. The number of rotatable bonds is 6.